The molecule has 0 N–H and O–H groups in total. The van der Waals surface area contributed by atoms with Crippen molar-refractivity contribution in [2.24, 2.45) is 13.0 Å². The fourth-order valence-corrected chi connectivity index (χ4v) is 2.10. The maximum Gasteiger partial charge on any atom is 0.330 e. The first-order valence-corrected chi connectivity index (χ1v) is 5.90. The van der Waals surface area contributed by atoms with Crippen molar-refractivity contribution >= 4 is 5.78 Å². The van der Waals surface area contributed by atoms with Crippen LogP contribution in [0.2, 0.25) is 0 Å². The van der Waals surface area contributed by atoms with Crippen LogP contribution in [-0.2, 0) is 18.3 Å². The number of aromatic nitrogens is 2. The van der Waals surface area contributed by atoms with Gasteiger partial charge in [0, 0.05) is 32.3 Å². The van der Waals surface area contributed by atoms with Crippen molar-refractivity contribution in [3.05, 3.63) is 32.6 Å². The minimum absolute atomic E-state index is 0.0519. The Labute approximate surface area is 104 Å². The summed E-state index contributed by atoms with van der Waals surface area (Å²) >= 11 is 0. The van der Waals surface area contributed by atoms with E-state index in [1.54, 1.807) is 0 Å². The van der Waals surface area contributed by atoms with Gasteiger partial charge < -0.3 is 4.74 Å². The Morgan fingerprint density at radius 3 is 2.78 bits per heavy atom. The van der Waals surface area contributed by atoms with E-state index in [0.717, 1.165) is 11.0 Å². The summed E-state index contributed by atoms with van der Waals surface area (Å²) in [5.74, 6) is -0.0629. The minimum Gasteiger partial charge on any atom is -0.381 e. The lowest BCUT2D eigenvalue weighted by Crippen LogP contribution is -2.41. The zero-order valence-corrected chi connectivity index (χ0v) is 10.5. The molecule has 0 aliphatic carbocycles. The van der Waals surface area contributed by atoms with Gasteiger partial charge in [-0.05, 0) is 13.3 Å². The summed E-state index contributed by atoms with van der Waals surface area (Å²) in [6, 6.07) is 0. The van der Waals surface area contributed by atoms with Crippen LogP contribution in [0.4, 0.5) is 0 Å². The van der Waals surface area contributed by atoms with Crippen molar-refractivity contribution in [1.82, 2.24) is 9.13 Å². The smallest absolute Gasteiger partial charge is 0.330 e. The summed E-state index contributed by atoms with van der Waals surface area (Å²) in [4.78, 5) is 35.0. The zero-order chi connectivity index (χ0) is 13.3. The molecule has 0 unspecified atom stereocenters. The van der Waals surface area contributed by atoms with E-state index in [9.17, 15) is 14.4 Å². The maximum absolute atomic E-state index is 11.9. The highest BCUT2D eigenvalue weighted by Gasteiger charge is 2.19. The van der Waals surface area contributed by atoms with Gasteiger partial charge in [-0.1, -0.05) is 0 Å². The Bertz CT molecular complexity index is 579. The summed E-state index contributed by atoms with van der Waals surface area (Å²) < 4.78 is 7.66. The summed E-state index contributed by atoms with van der Waals surface area (Å²) in [5.41, 5.74) is -0.876. The topological polar surface area (TPSA) is 70.3 Å². The van der Waals surface area contributed by atoms with Gasteiger partial charge in [-0.15, -0.1) is 0 Å². The van der Waals surface area contributed by atoms with Crippen molar-refractivity contribution in [3.63, 3.8) is 0 Å². The Kier molecular flexibility index (Phi) is 3.47. The van der Waals surface area contributed by atoms with Gasteiger partial charge in [-0.2, -0.15) is 0 Å². The van der Waals surface area contributed by atoms with Crippen LogP contribution in [0.5, 0.6) is 0 Å². The second-order valence-corrected chi connectivity index (χ2v) is 4.63. The molecule has 0 radical (unpaired) electrons. The number of rotatable bonds is 3. The van der Waals surface area contributed by atoms with Crippen LogP contribution in [-0.4, -0.2) is 28.1 Å². The molecule has 1 saturated heterocycles. The summed E-state index contributed by atoms with van der Waals surface area (Å²) in [7, 11) is 1.39. The first kappa shape index (κ1) is 12.8. The number of nitrogens with zero attached hydrogens (tertiary/aromatic N) is 2. The number of hydrogen-bond donors (Lipinski definition) is 0. The predicted octanol–water partition coefficient (Wildman–Crippen LogP) is -0.214. The SMILES string of the molecule is CC(=O)c1cn(C[C@H]2CCOC2)c(=O)n(C)c1=O. The fraction of sp³-hybridized carbons (Fsp3) is 0.583. The van der Waals surface area contributed by atoms with Gasteiger partial charge in [0.05, 0.1) is 12.2 Å². The normalized spacial score (nSPS) is 19.1. The van der Waals surface area contributed by atoms with Crippen LogP contribution < -0.4 is 11.2 Å². The number of hydrogen-bond acceptors (Lipinski definition) is 4. The lowest BCUT2D eigenvalue weighted by atomic mass is 10.1. The van der Waals surface area contributed by atoms with Crippen molar-refractivity contribution in [3.8, 4) is 0 Å². The number of ether oxygens (including phenoxy) is 1. The molecule has 2 heterocycles. The van der Waals surface area contributed by atoms with Crippen LogP contribution >= 0.6 is 0 Å². The first-order valence-electron chi connectivity index (χ1n) is 5.90. The molecule has 2 rings (SSSR count). The molecule has 0 amide bonds. The average molecular weight is 252 g/mol. The lowest BCUT2D eigenvalue weighted by molar-refractivity contribution is 0.101. The third kappa shape index (κ3) is 2.28. The molecule has 0 saturated carbocycles. The third-order valence-electron chi connectivity index (χ3n) is 3.21. The van der Waals surface area contributed by atoms with Crippen LogP contribution in [0, 0.1) is 5.92 Å². The molecule has 98 valence electrons. The summed E-state index contributed by atoms with van der Waals surface area (Å²) in [6.07, 6.45) is 2.26. The van der Waals surface area contributed by atoms with Crippen molar-refractivity contribution < 1.29 is 9.53 Å². The molecule has 0 spiro atoms. The van der Waals surface area contributed by atoms with Crippen molar-refractivity contribution in [2.45, 2.75) is 19.9 Å². The number of Topliss-reactive ketones (excluding diaryl/α,β-unsaturated/α-hetero) is 1. The molecule has 0 aromatic carbocycles. The van der Waals surface area contributed by atoms with E-state index in [1.807, 2.05) is 0 Å². The Morgan fingerprint density at radius 1 is 1.50 bits per heavy atom. The van der Waals surface area contributed by atoms with Crippen LogP contribution in [0.25, 0.3) is 0 Å². The molecular formula is C12H16N2O4. The van der Waals surface area contributed by atoms with E-state index in [4.69, 9.17) is 4.74 Å². The molecule has 1 aliphatic rings. The van der Waals surface area contributed by atoms with Gasteiger partial charge >= 0.3 is 5.69 Å². The van der Waals surface area contributed by atoms with E-state index in [1.165, 1.54) is 24.7 Å². The zero-order valence-electron chi connectivity index (χ0n) is 10.5. The van der Waals surface area contributed by atoms with Gasteiger partial charge in [-0.3, -0.25) is 18.7 Å². The van der Waals surface area contributed by atoms with Gasteiger partial charge in [-0.25, -0.2) is 4.79 Å². The third-order valence-corrected chi connectivity index (χ3v) is 3.21. The second-order valence-electron chi connectivity index (χ2n) is 4.63. The predicted molar refractivity (Wildman–Crippen MR) is 64.9 cm³/mol. The van der Waals surface area contributed by atoms with Crippen LogP contribution in [0.3, 0.4) is 0 Å². The average Bonchev–Trinajstić information content (AvgIpc) is 2.82. The van der Waals surface area contributed by atoms with Crippen LogP contribution in [0.15, 0.2) is 15.8 Å². The number of carbonyl (C=O) groups is 1. The Morgan fingerprint density at radius 2 is 2.22 bits per heavy atom. The molecule has 0 bridgehead atoms. The standard InChI is InChI=1S/C12H16N2O4/c1-8(15)10-6-14(5-9-3-4-18-7-9)12(17)13(2)11(10)16/h6,9H,3-5,7H2,1-2H3/t9-/m1/s1. The van der Waals surface area contributed by atoms with Gasteiger partial charge in [0.15, 0.2) is 5.78 Å². The molecular weight excluding hydrogens is 236 g/mol. The highest BCUT2D eigenvalue weighted by atomic mass is 16.5. The van der Waals surface area contributed by atoms with Crippen LogP contribution in [0.1, 0.15) is 23.7 Å². The van der Waals surface area contributed by atoms with E-state index in [2.05, 4.69) is 0 Å². The summed E-state index contributed by atoms with van der Waals surface area (Å²) in [5, 5.41) is 0. The number of ketones is 1. The molecule has 1 aromatic rings. The monoisotopic (exact) mass is 252 g/mol. The van der Waals surface area contributed by atoms with Crippen molar-refractivity contribution in [1.29, 1.82) is 0 Å². The highest BCUT2D eigenvalue weighted by molar-refractivity contribution is 5.93. The van der Waals surface area contributed by atoms with Gasteiger partial charge in [0.2, 0.25) is 0 Å². The molecule has 1 aromatic heterocycles. The van der Waals surface area contributed by atoms with Gasteiger partial charge in [0.1, 0.15) is 0 Å². The molecule has 1 fully saturated rings. The Hall–Kier alpha value is -1.69. The van der Waals surface area contributed by atoms with Gasteiger partial charge in [0.25, 0.3) is 5.56 Å². The molecule has 6 heteroatoms. The molecule has 1 atom stereocenters. The van der Waals surface area contributed by atoms with E-state index in [-0.39, 0.29) is 17.3 Å². The van der Waals surface area contributed by atoms with E-state index in [0.29, 0.717) is 19.8 Å². The quantitative estimate of drug-likeness (QED) is 0.698. The lowest BCUT2D eigenvalue weighted by Gasteiger charge is -2.12. The maximum atomic E-state index is 11.9. The molecule has 18 heavy (non-hydrogen) atoms. The highest BCUT2D eigenvalue weighted by Crippen LogP contribution is 2.13. The largest absolute Gasteiger partial charge is 0.381 e. The first-order chi connectivity index (χ1) is 8.50. The second kappa shape index (κ2) is 4.89. The minimum atomic E-state index is -0.536. The van der Waals surface area contributed by atoms with Crippen molar-refractivity contribution in [2.75, 3.05) is 13.2 Å². The fourth-order valence-electron chi connectivity index (χ4n) is 2.10. The Balaban J connectivity index is 2.43. The molecule has 1 aliphatic heterocycles. The molecule has 6 nitrogen and oxygen atoms in total. The summed E-state index contributed by atoms with van der Waals surface area (Å²) in [6.45, 7) is 3.12. The number of carbonyl (C=O) groups excluding carboxylic acids is 1. The van der Waals surface area contributed by atoms with E-state index < -0.39 is 11.2 Å². The van der Waals surface area contributed by atoms with E-state index >= 15 is 0 Å².